The zero-order chi connectivity index (χ0) is 50.7. The molecule has 0 amide bonds. The number of aromatic amines is 2. The number of nitrogens with zero attached hydrogens (tertiary/aromatic N) is 5. The quantitative estimate of drug-likeness (QED) is 0.0610. The highest BCUT2D eigenvalue weighted by atomic mass is 16.5. The molecule has 0 atom stereocenters. The first-order valence-electron chi connectivity index (χ1n) is 25.6. The molecule has 6 aromatic heterocycles. The predicted molar refractivity (Wildman–Crippen MR) is 301 cm³/mol. The van der Waals surface area contributed by atoms with Crippen LogP contribution >= 0.6 is 0 Å². The zero-order valence-corrected chi connectivity index (χ0v) is 42.3. The van der Waals surface area contributed by atoms with Crippen molar-refractivity contribution in [1.82, 2.24) is 25.3 Å². The van der Waals surface area contributed by atoms with Crippen molar-refractivity contribution in [2.24, 2.45) is 21.1 Å². The van der Waals surface area contributed by atoms with Gasteiger partial charge in [-0.15, -0.1) is 0 Å². The first-order chi connectivity index (χ1) is 36.9. The largest absolute Gasteiger partial charge is 0.494 e. The molecule has 0 spiro atoms. The fraction of sp³-hybridized carbons (Fsp3) is 0.106. The van der Waals surface area contributed by atoms with E-state index in [4.69, 9.17) is 14.7 Å². The third-order valence-corrected chi connectivity index (χ3v) is 14.3. The van der Waals surface area contributed by atoms with Crippen LogP contribution in [0.15, 0.2) is 213 Å². The number of hydrogen-bond acceptors (Lipinski definition) is 4. The van der Waals surface area contributed by atoms with E-state index in [0.717, 1.165) is 108 Å². The molecule has 3 N–H and O–H groups in total. The fourth-order valence-corrected chi connectivity index (χ4v) is 10.5. The molecule has 75 heavy (non-hydrogen) atoms. The van der Waals surface area contributed by atoms with Crippen molar-refractivity contribution < 1.29 is 18.4 Å². The van der Waals surface area contributed by atoms with Gasteiger partial charge in [-0.05, 0) is 113 Å². The van der Waals surface area contributed by atoms with Gasteiger partial charge in [0, 0.05) is 80.7 Å². The highest BCUT2D eigenvalue weighted by Gasteiger charge is 2.35. The molecule has 0 unspecified atom stereocenters. The van der Waals surface area contributed by atoms with Crippen LogP contribution in [-0.4, -0.2) is 33.1 Å². The topological polar surface area (TPSA) is 90.3 Å². The van der Waals surface area contributed by atoms with E-state index in [2.05, 4.69) is 266 Å². The van der Waals surface area contributed by atoms with E-state index in [-0.39, 0.29) is 0 Å². The maximum atomic E-state index is 6.51. The molecule has 9 heteroatoms. The molecular weight excluding hydrogens is 921 g/mol. The van der Waals surface area contributed by atoms with Gasteiger partial charge in [-0.1, -0.05) is 103 Å². The van der Waals surface area contributed by atoms with Gasteiger partial charge >= 0.3 is 0 Å². The molecule has 10 aromatic rings. The molecular formula is C66H57N8O+3. The maximum Gasteiger partial charge on any atom is 0.169 e. The molecule has 4 aromatic carbocycles. The van der Waals surface area contributed by atoms with Crippen LogP contribution in [0.3, 0.4) is 0 Å². The molecule has 364 valence electrons. The Bertz CT molecular complexity index is 3760. The summed E-state index contributed by atoms with van der Waals surface area (Å²) < 4.78 is 12.7. The van der Waals surface area contributed by atoms with Gasteiger partial charge in [0.2, 0.25) is 0 Å². The summed E-state index contributed by atoms with van der Waals surface area (Å²) in [5.74, 6) is 0.804. The monoisotopic (exact) mass is 977 g/mol. The number of aromatic nitrogens is 7. The van der Waals surface area contributed by atoms with Gasteiger partial charge in [0.25, 0.3) is 0 Å². The average molecular weight is 978 g/mol. The van der Waals surface area contributed by atoms with Crippen LogP contribution in [0.2, 0.25) is 0 Å². The summed E-state index contributed by atoms with van der Waals surface area (Å²) in [6.07, 6.45) is 21.8. The second kappa shape index (κ2) is 20.3. The normalized spacial score (nSPS) is 12.0. The van der Waals surface area contributed by atoms with Crippen LogP contribution in [-0.2, 0) is 26.7 Å². The highest BCUT2D eigenvalue weighted by Crippen LogP contribution is 2.40. The summed E-state index contributed by atoms with van der Waals surface area (Å²) in [5.41, 5.74) is 18.4. The van der Waals surface area contributed by atoms with Crippen LogP contribution < -0.4 is 23.8 Å². The summed E-state index contributed by atoms with van der Waals surface area (Å²) in [7, 11) is 6.11. The molecule has 0 saturated carbocycles. The minimum Gasteiger partial charge on any atom is -0.494 e. The second-order valence-electron chi connectivity index (χ2n) is 19.3. The van der Waals surface area contributed by atoms with Crippen molar-refractivity contribution in [2.45, 2.75) is 12.0 Å². The summed E-state index contributed by atoms with van der Waals surface area (Å²) in [6, 6.07) is 62.2. The van der Waals surface area contributed by atoms with E-state index in [1.165, 1.54) is 16.7 Å². The van der Waals surface area contributed by atoms with Crippen molar-refractivity contribution >= 4 is 46.4 Å². The minimum absolute atomic E-state index is 0.536. The van der Waals surface area contributed by atoms with Crippen LogP contribution in [0.4, 0.5) is 0 Å². The van der Waals surface area contributed by atoms with E-state index in [0.29, 0.717) is 6.61 Å². The lowest BCUT2D eigenvalue weighted by atomic mass is 9.77. The van der Waals surface area contributed by atoms with Crippen molar-refractivity contribution in [3.05, 3.63) is 253 Å². The van der Waals surface area contributed by atoms with Gasteiger partial charge in [0.1, 0.15) is 26.9 Å². The fourth-order valence-electron chi connectivity index (χ4n) is 10.5. The summed E-state index contributed by atoms with van der Waals surface area (Å²) in [4.78, 5) is 18.7. The standard InChI is InChI=1S/C66H56N8O/c1-72-39-32-47(33-40-72)63-56-26-24-54(68-56)62(46-20-22-53(23-21-46)75-45-13-38-67-66(50-14-7-4-8-15-50,51-16-9-5-10-17-51)52-18-11-6-12-19-52)55-25-27-57(69-55)64(48-34-41-73(2)42-35-48)59-29-31-61(71-59)65(60-30-28-58(63)70-60)49-36-43-74(3)44-37-49/h4-12,14-37,39-44,67H,13,38,45H2,1-3H3,(H,68,69,70,71)/q+2/p+1. The van der Waals surface area contributed by atoms with Crippen molar-refractivity contribution in [2.75, 3.05) is 13.2 Å². The van der Waals surface area contributed by atoms with Crippen LogP contribution in [0.25, 0.3) is 90.9 Å². The Kier molecular flexibility index (Phi) is 12.7. The number of H-pyrrole nitrogens is 2. The molecule has 2 aliphatic rings. The molecule has 12 rings (SSSR count). The van der Waals surface area contributed by atoms with Crippen LogP contribution in [0, 0.1) is 0 Å². The SMILES string of the molecule is C[n+]1ccc(-c2c3nc(c(-c4cc[n+](C)cc4)c4ccc([nH]4)c(-c4cc[n+](C)cc4)c4nc(c(-c5ccc(OCCCNC(c6ccccc6)(c6ccccc6)c6ccccc6)cc5)c5ccc2[nH]5)C=C4)C=C3)cc1. The number of fused-ring (bicyclic) bond motifs is 8. The first kappa shape index (κ1) is 46.7. The number of ether oxygens (including phenoxy) is 1. The Morgan fingerprint density at radius 1 is 0.400 bits per heavy atom. The van der Waals surface area contributed by atoms with Gasteiger partial charge in [0.05, 0.1) is 34.9 Å². The lowest BCUT2D eigenvalue weighted by molar-refractivity contribution is -0.671. The average Bonchev–Trinajstić information content (AvgIpc) is 4.34. The van der Waals surface area contributed by atoms with Crippen LogP contribution in [0.5, 0.6) is 5.75 Å². The lowest BCUT2D eigenvalue weighted by Gasteiger charge is -2.37. The van der Waals surface area contributed by atoms with Gasteiger partial charge in [0.15, 0.2) is 37.2 Å². The van der Waals surface area contributed by atoms with Crippen LogP contribution in [0.1, 0.15) is 45.9 Å². The van der Waals surface area contributed by atoms with Gasteiger partial charge in [-0.2, -0.15) is 0 Å². The smallest absolute Gasteiger partial charge is 0.169 e. The van der Waals surface area contributed by atoms with E-state index >= 15 is 0 Å². The van der Waals surface area contributed by atoms with Gasteiger partial charge in [-0.25, -0.2) is 23.7 Å². The number of benzene rings is 4. The number of aryl methyl sites for hydroxylation is 3. The zero-order valence-electron chi connectivity index (χ0n) is 42.3. The summed E-state index contributed by atoms with van der Waals surface area (Å²) in [6.45, 7) is 1.27. The van der Waals surface area contributed by atoms with Crippen molar-refractivity contribution in [3.63, 3.8) is 0 Å². The second-order valence-corrected chi connectivity index (χ2v) is 19.3. The van der Waals surface area contributed by atoms with Gasteiger partial charge in [-0.3, -0.25) is 5.32 Å². The third kappa shape index (κ3) is 9.26. The van der Waals surface area contributed by atoms with Crippen molar-refractivity contribution in [3.8, 4) is 50.3 Å². The third-order valence-electron chi connectivity index (χ3n) is 14.3. The molecule has 2 aliphatic heterocycles. The Morgan fingerprint density at radius 3 is 1.05 bits per heavy atom. The molecule has 0 aliphatic carbocycles. The summed E-state index contributed by atoms with van der Waals surface area (Å²) >= 11 is 0. The minimum atomic E-state index is -0.536. The first-order valence-corrected chi connectivity index (χ1v) is 25.6. The number of hydrogen-bond donors (Lipinski definition) is 3. The Hall–Kier alpha value is -9.31. The number of nitrogens with one attached hydrogen (secondary N) is 3. The molecule has 8 heterocycles. The molecule has 0 radical (unpaired) electrons. The van der Waals surface area contributed by atoms with Gasteiger partial charge < -0.3 is 14.7 Å². The Labute approximate surface area is 437 Å². The van der Waals surface area contributed by atoms with Crippen molar-refractivity contribution in [1.29, 1.82) is 0 Å². The van der Waals surface area contributed by atoms with E-state index in [1.807, 2.05) is 21.1 Å². The Morgan fingerprint density at radius 2 is 0.720 bits per heavy atom. The van der Waals surface area contributed by atoms with E-state index in [1.54, 1.807) is 0 Å². The summed E-state index contributed by atoms with van der Waals surface area (Å²) in [5, 5.41) is 4.00. The Balaban J connectivity index is 0.952. The maximum absolute atomic E-state index is 6.51. The molecule has 0 fully saturated rings. The molecule has 8 bridgehead atoms. The van der Waals surface area contributed by atoms with E-state index in [9.17, 15) is 0 Å². The number of pyridine rings is 3. The number of rotatable bonds is 13. The lowest BCUT2D eigenvalue weighted by Crippen LogP contribution is -2.45. The molecule has 0 saturated heterocycles. The predicted octanol–water partition coefficient (Wildman–Crippen LogP) is 12.1. The molecule has 9 nitrogen and oxygen atoms in total. The van der Waals surface area contributed by atoms with E-state index < -0.39 is 5.54 Å². The highest BCUT2D eigenvalue weighted by molar-refractivity contribution is 5.99.